The molecule has 0 bridgehead atoms. The monoisotopic (exact) mass is 219 g/mol. The molecule has 1 fully saturated rings. The summed E-state index contributed by atoms with van der Waals surface area (Å²) in [6.45, 7) is 3.06. The van der Waals surface area contributed by atoms with Gasteiger partial charge in [-0.15, -0.1) is 0 Å². The Balaban J connectivity index is 2.39. The van der Waals surface area contributed by atoms with Gasteiger partial charge in [0.05, 0.1) is 7.11 Å². The Hall–Kier alpha value is -1.02. The lowest BCUT2D eigenvalue weighted by atomic mass is 9.73. The summed E-state index contributed by atoms with van der Waals surface area (Å²) in [6, 6.07) is 8.40. The third-order valence-corrected chi connectivity index (χ3v) is 4.21. The van der Waals surface area contributed by atoms with Crippen molar-refractivity contribution in [2.24, 2.45) is 11.7 Å². The molecular weight excluding hydrogens is 198 g/mol. The van der Waals surface area contributed by atoms with Crippen molar-refractivity contribution in [2.75, 3.05) is 13.7 Å². The van der Waals surface area contributed by atoms with Crippen LogP contribution in [0.5, 0.6) is 5.75 Å². The van der Waals surface area contributed by atoms with Gasteiger partial charge in [-0.2, -0.15) is 0 Å². The van der Waals surface area contributed by atoms with Crippen LogP contribution in [0.2, 0.25) is 0 Å². The van der Waals surface area contributed by atoms with E-state index in [1.165, 1.54) is 24.8 Å². The van der Waals surface area contributed by atoms with E-state index in [0.29, 0.717) is 5.92 Å². The fourth-order valence-corrected chi connectivity index (χ4v) is 3.03. The zero-order chi connectivity index (χ0) is 11.6. The Morgan fingerprint density at radius 1 is 1.50 bits per heavy atom. The Morgan fingerprint density at radius 3 is 2.88 bits per heavy atom. The van der Waals surface area contributed by atoms with Crippen molar-refractivity contribution in [3.8, 4) is 5.75 Å². The van der Waals surface area contributed by atoms with E-state index in [4.69, 9.17) is 10.5 Å². The zero-order valence-electron chi connectivity index (χ0n) is 10.2. The highest BCUT2D eigenvalue weighted by Gasteiger charge is 2.40. The predicted molar refractivity (Wildman–Crippen MR) is 66.7 cm³/mol. The van der Waals surface area contributed by atoms with Gasteiger partial charge >= 0.3 is 0 Å². The Bertz CT molecular complexity index is 364. The summed E-state index contributed by atoms with van der Waals surface area (Å²) in [5, 5.41) is 0. The summed E-state index contributed by atoms with van der Waals surface area (Å²) in [5.41, 5.74) is 7.56. The van der Waals surface area contributed by atoms with Gasteiger partial charge in [-0.25, -0.2) is 0 Å². The number of methoxy groups -OCH3 is 1. The van der Waals surface area contributed by atoms with Crippen LogP contribution in [-0.4, -0.2) is 13.7 Å². The Kier molecular flexibility index (Phi) is 3.20. The molecule has 2 heteroatoms. The smallest absolute Gasteiger partial charge is 0.119 e. The third-order valence-electron chi connectivity index (χ3n) is 4.21. The molecule has 16 heavy (non-hydrogen) atoms. The number of rotatable bonds is 3. The van der Waals surface area contributed by atoms with Crippen LogP contribution in [0.15, 0.2) is 24.3 Å². The second-order valence-electron chi connectivity index (χ2n) is 4.89. The largest absolute Gasteiger partial charge is 0.497 e. The van der Waals surface area contributed by atoms with Gasteiger partial charge in [-0.3, -0.25) is 0 Å². The Labute approximate surface area is 97.8 Å². The van der Waals surface area contributed by atoms with Crippen LogP contribution >= 0.6 is 0 Å². The standard InChI is InChI=1S/C14H21NO/c1-11-5-4-8-14(11,10-15)12-6-3-7-13(9-12)16-2/h3,6-7,9,11H,4-5,8,10,15H2,1-2H3. The van der Waals surface area contributed by atoms with Gasteiger partial charge in [-0.1, -0.05) is 25.5 Å². The molecule has 88 valence electrons. The van der Waals surface area contributed by atoms with Crippen LogP contribution in [0.3, 0.4) is 0 Å². The van der Waals surface area contributed by atoms with Crippen molar-refractivity contribution in [1.29, 1.82) is 0 Å². The second-order valence-corrected chi connectivity index (χ2v) is 4.89. The highest BCUT2D eigenvalue weighted by atomic mass is 16.5. The fourth-order valence-electron chi connectivity index (χ4n) is 3.03. The molecular formula is C14H21NO. The van der Waals surface area contributed by atoms with Crippen LogP contribution in [0.4, 0.5) is 0 Å². The molecule has 2 rings (SSSR count). The maximum Gasteiger partial charge on any atom is 0.119 e. The molecule has 1 aromatic rings. The molecule has 0 amide bonds. The molecule has 1 aromatic carbocycles. The predicted octanol–water partition coefficient (Wildman–Crippen LogP) is 2.71. The topological polar surface area (TPSA) is 35.2 Å². The average Bonchev–Trinajstić information content (AvgIpc) is 2.71. The molecule has 2 nitrogen and oxygen atoms in total. The molecule has 2 atom stereocenters. The fraction of sp³-hybridized carbons (Fsp3) is 0.571. The first-order valence-electron chi connectivity index (χ1n) is 6.07. The molecule has 0 spiro atoms. The van der Waals surface area contributed by atoms with Gasteiger partial charge < -0.3 is 10.5 Å². The molecule has 1 aliphatic carbocycles. The van der Waals surface area contributed by atoms with E-state index in [0.717, 1.165) is 12.3 Å². The SMILES string of the molecule is COc1cccc(C2(CN)CCCC2C)c1. The van der Waals surface area contributed by atoms with E-state index < -0.39 is 0 Å². The highest BCUT2D eigenvalue weighted by Crippen LogP contribution is 2.45. The molecule has 2 N–H and O–H groups in total. The number of hydrogen-bond donors (Lipinski definition) is 1. The van der Waals surface area contributed by atoms with Gasteiger partial charge in [-0.05, 0) is 36.5 Å². The minimum atomic E-state index is 0.175. The van der Waals surface area contributed by atoms with Gasteiger partial charge in [0.15, 0.2) is 0 Å². The van der Waals surface area contributed by atoms with E-state index >= 15 is 0 Å². The van der Waals surface area contributed by atoms with Crippen LogP contribution < -0.4 is 10.5 Å². The molecule has 0 aromatic heterocycles. The highest BCUT2D eigenvalue weighted by molar-refractivity contribution is 5.35. The molecule has 1 saturated carbocycles. The van der Waals surface area contributed by atoms with E-state index in [9.17, 15) is 0 Å². The summed E-state index contributed by atoms with van der Waals surface area (Å²) in [4.78, 5) is 0. The lowest BCUT2D eigenvalue weighted by molar-refractivity contribution is 0.343. The molecule has 1 aliphatic rings. The summed E-state index contributed by atoms with van der Waals surface area (Å²) >= 11 is 0. The number of nitrogens with two attached hydrogens (primary N) is 1. The Morgan fingerprint density at radius 2 is 2.31 bits per heavy atom. The zero-order valence-corrected chi connectivity index (χ0v) is 10.2. The van der Waals surface area contributed by atoms with Crippen molar-refractivity contribution in [3.63, 3.8) is 0 Å². The van der Waals surface area contributed by atoms with Gasteiger partial charge in [0.25, 0.3) is 0 Å². The van der Waals surface area contributed by atoms with Crippen molar-refractivity contribution < 1.29 is 4.74 Å². The van der Waals surface area contributed by atoms with Gasteiger partial charge in [0.1, 0.15) is 5.75 Å². The molecule has 0 heterocycles. The van der Waals surface area contributed by atoms with Crippen molar-refractivity contribution in [1.82, 2.24) is 0 Å². The minimum absolute atomic E-state index is 0.175. The van der Waals surface area contributed by atoms with Crippen molar-refractivity contribution in [3.05, 3.63) is 29.8 Å². The average molecular weight is 219 g/mol. The van der Waals surface area contributed by atoms with Crippen LogP contribution in [0, 0.1) is 5.92 Å². The summed E-state index contributed by atoms with van der Waals surface area (Å²) in [5.74, 6) is 1.61. The molecule has 2 unspecified atom stereocenters. The van der Waals surface area contributed by atoms with E-state index in [-0.39, 0.29) is 5.41 Å². The second kappa shape index (κ2) is 4.46. The first-order valence-corrected chi connectivity index (χ1v) is 6.07. The number of hydrogen-bond acceptors (Lipinski definition) is 2. The van der Waals surface area contributed by atoms with Crippen LogP contribution in [-0.2, 0) is 5.41 Å². The van der Waals surface area contributed by atoms with Crippen LogP contribution in [0.1, 0.15) is 31.7 Å². The lowest BCUT2D eigenvalue weighted by Gasteiger charge is -2.33. The van der Waals surface area contributed by atoms with Gasteiger partial charge in [0.2, 0.25) is 0 Å². The molecule has 0 aliphatic heterocycles. The van der Waals surface area contributed by atoms with E-state index in [2.05, 4.69) is 25.1 Å². The third kappa shape index (κ3) is 1.71. The van der Waals surface area contributed by atoms with Crippen molar-refractivity contribution >= 4 is 0 Å². The van der Waals surface area contributed by atoms with Crippen molar-refractivity contribution in [2.45, 2.75) is 31.6 Å². The number of ether oxygens (including phenoxy) is 1. The maximum absolute atomic E-state index is 6.04. The first kappa shape index (κ1) is 11.5. The van der Waals surface area contributed by atoms with E-state index in [1.54, 1.807) is 7.11 Å². The number of benzene rings is 1. The maximum atomic E-state index is 6.04. The quantitative estimate of drug-likeness (QED) is 0.848. The van der Waals surface area contributed by atoms with E-state index in [1.807, 2.05) is 6.07 Å². The van der Waals surface area contributed by atoms with Gasteiger partial charge in [0, 0.05) is 12.0 Å². The normalized spacial score (nSPS) is 29.3. The summed E-state index contributed by atoms with van der Waals surface area (Å²) in [6.07, 6.45) is 3.78. The molecule has 0 radical (unpaired) electrons. The first-order chi connectivity index (χ1) is 7.73. The minimum Gasteiger partial charge on any atom is -0.497 e. The lowest BCUT2D eigenvalue weighted by Crippen LogP contribution is -2.37. The molecule has 0 saturated heterocycles. The van der Waals surface area contributed by atoms with Crippen LogP contribution in [0.25, 0.3) is 0 Å². The summed E-state index contributed by atoms with van der Waals surface area (Å²) < 4.78 is 5.30. The summed E-state index contributed by atoms with van der Waals surface area (Å²) in [7, 11) is 1.71.